The molecule has 0 aliphatic rings. The Morgan fingerprint density at radius 1 is 0.211 bits per heavy atom. The molecule has 0 aliphatic heterocycles. The molecule has 0 atom stereocenters. The van der Waals surface area contributed by atoms with Gasteiger partial charge in [0.25, 0.3) is 0 Å². The monoisotopic (exact) mass is 724 g/mol. The van der Waals surface area contributed by atoms with E-state index in [1.807, 2.05) is 0 Å². The number of para-hydroxylation sites is 1. The molecule has 1 nitrogen and oxygen atoms in total. The molecular formula is C56H36O. The van der Waals surface area contributed by atoms with E-state index in [0.29, 0.717) is 0 Å². The van der Waals surface area contributed by atoms with E-state index in [-0.39, 0.29) is 0 Å². The molecule has 0 aliphatic carbocycles. The quantitative estimate of drug-likeness (QED) is 0.156. The second-order valence-corrected chi connectivity index (χ2v) is 14.8. The highest BCUT2D eigenvalue weighted by molar-refractivity contribution is 6.22. The van der Waals surface area contributed by atoms with Gasteiger partial charge in [-0.1, -0.05) is 194 Å². The zero-order valence-corrected chi connectivity index (χ0v) is 31.2. The summed E-state index contributed by atoms with van der Waals surface area (Å²) in [6.45, 7) is 0. The van der Waals surface area contributed by atoms with Crippen LogP contribution in [-0.2, 0) is 0 Å². The number of fused-ring (bicyclic) bond motifs is 5. The lowest BCUT2D eigenvalue weighted by Gasteiger charge is -2.19. The Morgan fingerprint density at radius 2 is 0.667 bits per heavy atom. The Hall–Kier alpha value is -7.48. The first-order chi connectivity index (χ1) is 28.3. The second kappa shape index (κ2) is 13.7. The van der Waals surface area contributed by atoms with E-state index in [4.69, 9.17) is 4.42 Å². The van der Waals surface area contributed by atoms with Gasteiger partial charge in [0.1, 0.15) is 11.2 Å². The summed E-state index contributed by atoms with van der Waals surface area (Å²) in [4.78, 5) is 0. The Kier molecular flexibility index (Phi) is 7.89. The summed E-state index contributed by atoms with van der Waals surface area (Å²) in [5.41, 5.74) is 15.8. The Bertz CT molecular complexity index is 3250. The largest absolute Gasteiger partial charge is 0.455 e. The summed E-state index contributed by atoms with van der Waals surface area (Å²) < 4.78 is 6.98. The van der Waals surface area contributed by atoms with E-state index < -0.39 is 0 Å². The molecule has 0 bridgehead atoms. The average molecular weight is 725 g/mol. The molecule has 266 valence electrons. The fourth-order valence-electron chi connectivity index (χ4n) is 8.81. The van der Waals surface area contributed by atoms with Crippen LogP contribution in [0.4, 0.5) is 0 Å². The number of benzene rings is 10. The molecule has 11 aromatic rings. The fourth-order valence-corrected chi connectivity index (χ4v) is 8.81. The van der Waals surface area contributed by atoms with Crippen LogP contribution in [0, 0.1) is 0 Å². The zero-order valence-electron chi connectivity index (χ0n) is 31.2. The number of rotatable bonds is 6. The van der Waals surface area contributed by atoms with Crippen molar-refractivity contribution in [3.05, 3.63) is 218 Å². The van der Waals surface area contributed by atoms with Gasteiger partial charge in [-0.3, -0.25) is 0 Å². The molecule has 57 heavy (non-hydrogen) atoms. The molecule has 0 spiro atoms. The van der Waals surface area contributed by atoms with Crippen LogP contribution in [0.25, 0.3) is 110 Å². The fraction of sp³-hybridized carbons (Fsp3) is 0. The van der Waals surface area contributed by atoms with Crippen molar-refractivity contribution in [3.63, 3.8) is 0 Å². The molecule has 0 saturated carbocycles. The lowest BCUT2D eigenvalue weighted by Crippen LogP contribution is -1.91. The van der Waals surface area contributed by atoms with Gasteiger partial charge in [0.15, 0.2) is 0 Å². The molecule has 0 radical (unpaired) electrons. The molecule has 1 heterocycles. The van der Waals surface area contributed by atoms with Crippen LogP contribution in [0.5, 0.6) is 0 Å². The Morgan fingerprint density at radius 3 is 1.33 bits per heavy atom. The Balaban J connectivity index is 1.15. The molecular weight excluding hydrogens is 689 g/mol. The van der Waals surface area contributed by atoms with Crippen LogP contribution in [0.15, 0.2) is 223 Å². The first-order valence-electron chi connectivity index (χ1n) is 19.6. The zero-order chi connectivity index (χ0) is 37.7. The first-order valence-corrected chi connectivity index (χ1v) is 19.6. The highest BCUT2D eigenvalue weighted by atomic mass is 16.3. The van der Waals surface area contributed by atoms with Crippen molar-refractivity contribution < 1.29 is 4.42 Å². The molecule has 10 aromatic carbocycles. The minimum atomic E-state index is 0.897. The van der Waals surface area contributed by atoms with E-state index in [1.165, 1.54) is 54.9 Å². The lowest BCUT2D eigenvalue weighted by atomic mass is 9.84. The lowest BCUT2D eigenvalue weighted by molar-refractivity contribution is 0.671. The third-order valence-electron chi connectivity index (χ3n) is 11.4. The van der Waals surface area contributed by atoms with Gasteiger partial charge in [0, 0.05) is 21.9 Å². The van der Waals surface area contributed by atoms with Gasteiger partial charge in [0.05, 0.1) is 0 Å². The van der Waals surface area contributed by atoms with Crippen molar-refractivity contribution >= 4 is 43.5 Å². The van der Waals surface area contributed by atoms with Gasteiger partial charge in [-0.2, -0.15) is 0 Å². The van der Waals surface area contributed by atoms with Gasteiger partial charge < -0.3 is 4.42 Å². The summed E-state index contributed by atoms with van der Waals surface area (Å²) in [6, 6.07) is 78.8. The van der Waals surface area contributed by atoms with E-state index in [2.05, 4.69) is 218 Å². The van der Waals surface area contributed by atoms with Crippen LogP contribution in [0.1, 0.15) is 0 Å². The standard InChI is InChI=1S/C56H36O/c1-5-17-37(18-6-1)44-35-50(56-52(36-44)49-30-16-29-45(55(49)57-56)38-19-7-2-8-20-38)43-26-15-25-41(33-43)42-31-32-48-51(34-42)54(40-23-11-4-12-24-40)47-28-14-13-27-46(47)53(48)39-21-9-3-10-22-39/h1-36H. The number of hydrogen-bond acceptors (Lipinski definition) is 1. The molecule has 0 saturated heterocycles. The first kappa shape index (κ1) is 32.9. The molecule has 0 fully saturated rings. The SMILES string of the molecule is c1ccc(-c2cc(-c3cccc(-c4ccc5c(-c6ccccc6)c6ccccc6c(-c6ccccc6)c5c4)c3)c3oc4c(-c5ccccc5)cccc4c3c2)cc1. The summed E-state index contributed by atoms with van der Waals surface area (Å²) in [6.07, 6.45) is 0. The third-order valence-corrected chi connectivity index (χ3v) is 11.4. The maximum Gasteiger partial charge on any atom is 0.143 e. The van der Waals surface area contributed by atoms with Gasteiger partial charge in [-0.25, -0.2) is 0 Å². The van der Waals surface area contributed by atoms with Crippen molar-refractivity contribution in [2.45, 2.75) is 0 Å². The predicted molar refractivity (Wildman–Crippen MR) is 241 cm³/mol. The Labute approximate surface area is 331 Å². The minimum absolute atomic E-state index is 0.897. The average Bonchev–Trinajstić information content (AvgIpc) is 3.68. The summed E-state index contributed by atoms with van der Waals surface area (Å²) in [7, 11) is 0. The van der Waals surface area contributed by atoms with Crippen molar-refractivity contribution in [2.24, 2.45) is 0 Å². The smallest absolute Gasteiger partial charge is 0.143 e. The van der Waals surface area contributed by atoms with Crippen LogP contribution < -0.4 is 0 Å². The molecule has 1 aromatic heterocycles. The van der Waals surface area contributed by atoms with Crippen LogP contribution in [0.2, 0.25) is 0 Å². The van der Waals surface area contributed by atoms with Crippen LogP contribution in [-0.4, -0.2) is 0 Å². The molecule has 0 unspecified atom stereocenters. The van der Waals surface area contributed by atoms with Crippen molar-refractivity contribution in [1.29, 1.82) is 0 Å². The van der Waals surface area contributed by atoms with Gasteiger partial charge in [-0.15, -0.1) is 0 Å². The molecule has 0 N–H and O–H groups in total. The predicted octanol–water partition coefficient (Wildman–Crippen LogP) is 15.9. The second-order valence-electron chi connectivity index (χ2n) is 14.8. The van der Waals surface area contributed by atoms with E-state index >= 15 is 0 Å². The van der Waals surface area contributed by atoms with Gasteiger partial charge >= 0.3 is 0 Å². The summed E-state index contributed by atoms with van der Waals surface area (Å²) in [5, 5.41) is 7.22. The highest BCUT2D eigenvalue weighted by Gasteiger charge is 2.20. The van der Waals surface area contributed by atoms with Crippen LogP contribution >= 0.6 is 0 Å². The van der Waals surface area contributed by atoms with E-state index in [9.17, 15) is 0 Å². The van der Waals surface area contributed by atoms with Gasteiger partial charge in [-0.05, 0) is 101 Å². The third kappa shape index (κ3) is 5.63. The molecule has 1 heteroatoms. The van der Waals surface area contributed by atoms with Crippen LogP contribution in [0.3, 0.4) is 0 Å². The van der Waals surface area contributed by atoms with Gasteiger partial charge in [0.2, 0.25) is 0 Å². The molecule has 0 amide bonds. The molecule has 11 rings (SSSR count). The van der Waals surface area contributed by atoms with E-state index in [0.717, 1.165) is 55.3 Å². The summed E-state index contributed by atoms with van der Waals surface area (Å²) >= 11 is 0. The van der Waals surface area contributed by atoms with Crippen molar-refractivity contribution in [1.82, 2.24) is 0 Å². The normalized spacial score (nSPS) is 11.5. The maximum absolute atomic E-state index is 6.98. The summed E-state index contributed by atoms with van der Waals surface area (Å²) in [5.74, 6) is 0. The number of hydrogen-bond donors (Lipinski definition) is 0. The highest BCUT2D eigenvalue weighted by Crippen LogP contribution is 2.46. The number of furan rings is 1. The van der Waals surface area contributed by atoms with Crippen molar-refractivity contribution in [3.8, 4) is 66.8 Å². The van der Waals surface area contributed by atoms with Crippen molar-refractivity contribution in [2.75, 3.05) is 0 Å². The topological polar surface area (TPSA) is 13.1 Å². The maximum atomic E-state index is 6.98. The van der Waals surface area contributed by atoms with E-state index in [1.54, 1.807) is 0 Å². The minimum Gasteiger partial charge on any atom is -0.455 e.